The zero-order chi connectivity index (χ0) is 23.4. The number of hydrogen-bond acceptors (Lipinski definition) is 4. The molecule has 1 atom stereocenters. The average molecular weight is 494 g/mol. The van der Waals surface area contributed by atoms with Gasteiger partial charge in [0.25, 0.3) is 0 Å². The highest BCUT2D eigenvalue weighted by molar-refractivity contribution is 6.42. The van der Waals surface area contributed by atoms with Crippen LogP contribution in [0.2, 0.25) is 10.0 Å². The fourth-order valence-corrected chi connectivity index (χ4v) is 5.24. The molecule has 33 heavy (non-hydrogen) atoms. The van der Waals surface area contributed by atoms with Crippen molar-refractivity contribution in [1.29, 1.82) is 0 Å². The number of benzene rings is 1. The van der Waals surface area contributed by atoms with Crippen LogP contribution in [0.4, 0.5) is 0 Å². The van der Waals surface area contributed by atoms with Crippen LogP contribution in [0.15, 0.2) is 24.3 Å². The van der Waals surface area contributed by atoms with Gasteiger partial charge in [-0.1, -0.05) is 29.3 Å². The zero-order valence-electron chi connectivity index (χ0n) is 19.0. The Kier molecular flexibility index (Phi) is 8.00. The van der Waals surface area contributed by atoms with Crippen LogP contribution in [0, 0.1) is 5.41 Å². The molecule has 1 N–H and O–H groups in total. The number of nitrogens with zero attached hydrogens (tertiary/aromatic N) is 3. The minimum absolute atomic E-state index is 0.1000. The second-order valence-electron chi connectivity index (χ2n) is 9.61. The molecule has 1 saturated carbocycles. The van der Waals surface area contributed by atoms with Gasteiger partial charge in [-0.3, -0.25) is 9.59 Å². The van der Waals surface area contributed by atoms with Gasteiger partial charge >= 0.3 is 0 Å². The van der Waals surface area contributed by atoms with Gasteiger partial charge in [-0.2, -0.15) is 0 Å². The molecule has 3 fully saturated rings. The van der Waals surface area contributed by atoms with Crippen LogP contribution < -0.4 is 0 Å². The summed E-state index contributed by atoms with van der Waals surface area (Å²) in [4.78, 5) is 31.3. The molecule has 2 heterocycles. The lowest BCUT2D eigenvalue weighted by Crippen LogP contribution is -2.45. The third-order valence-corrected chi connectivity index (χ3v) is 8.01. The van der Waals surface area contributed by atoms with Gasteiger partial charge < -0.3 is 19.8 Å². The summed E-state index contributed by atoms with van der Waals surface area (Å²) in [7, 11) is 0. The summed E-state index contributed by atoms with van der Waals surface area (Å²) in [6, 6.07) is 5.23. The van der Waals surface area contributed by atoms with E-state index in [1.165, 1.54) is 6.08 Å². The standard InChI is InChI=1S/C25H33Cl2N3O3/c26-20-5-3-19(17-21(20)27)4-6-23(32)30-14-8-24(33)29(15-16-30)12-2-1-11-28-13-7-22(31)25(18-28)9-10-25/h3-6,17,22,31H,1-2,7-16,18H2. The lowest BCUT2D eigenvalue weighted by atomic mass is 9.91. The van der Waals surface area contributed by atoms with E-state index in [2.05, 4.69) is 4.90 Å². The van der Waals surface area contributed by atoms with Crippen LogP contribution >= 0.6 is 23.2 Å². The van der Waals surface area contributed by atoms with E-state index in [1.807, 2.05) is 11.0 Å². The van der Waals surface area contributed by atoms with Crippen molar-refractivity contribution in [3.63, 3.8) is 0 Å². The highest BCUT2D eigenvalue weighted by atomic mass is 35.5. The lowest BCUT2D eigenvalue weighted by Gasteiger charge is -2.36. The summed E-state index contributed by atoms with van der Waals surface area (Å²) in [5.74, 6) is 0.0220. The fourth-order valence-electron chi connectivity index (χ4n) is 4.93. The first-order valence-electron chi connectivity index (χ1n) is 12.0. The smallest absolute Gasteiger partial charge is 0.246 e. The highest BCUT2D eigenvalue weighted by Crippen LogP contribution is 2.52. The second kappa shape index (κ2) is 10.8. The van der Waals surface area contributed by atoms with E-state index in [0.29, 0.717) is 36.1 Å². The number of amides is 2. The average Bonchev–Trinajstić information content (AvgIpc) is 3.59. The monoisotopic (exact) mass is 493 g/mol. The van der Waals surface area contributed by atoms with Crippen LogP contribution in [-0.4, -0.2) is 83.5 Å². The number of carbonyl (C=O) groups is 2. The minimum Gasteiger partial charge on any atom is -0.392 e. The number of rotatable bonds is 7. The Hall–Kier alpha value is -1.60. The number of carbonyl (C=O) groups excluding carboxylic acids is 2. The Morgan fingerprint density at radius 3 is 2.64 bits per heavy atom. The summed E-state index contributed by atoms with van der Waals surface area (Å²) < 4.78 is 0. The molecule has 1 spiro atoms. The van der Waals surface area contributed by atoms with Crippen LogP contribution in [0.1, 0.15) is 44.1 Å². The van der Waals surface area contributed by atoms with Crippen molar-refractivity contribution < 1.29 is 14.7 Å². The van der Waals surface area contributed by atoms with Crippen molar-refractivity contribution in [3.05, 3.63) is 39.9 Å². The number of likely N-dealkylation sites (tertiary alicyclic amines) is 1. The number of aliphatic hydroxyl groups is 1. The molecule has 0 aromatic heterocycles. The van der Waals surface area contributed by atoms with Crippen molar-refractivity contribution in [2.45, 2.75) is 44.6 Å². The first-order chi connectivity index (χ1) is 15.9. The molecule has 1 aliphatic carbocycles. The molecule has 180 valence electrons. The molecule has 0 radical (unpaired) electrons. The normalized spacial score (nSPS) is 23.4. The van der Waals surface area contributed by atoms with Crippen LogP contribution in [-0.2, 0) is 9.59 Å². The van der Waals surface area contributed by atoms with Gasteiger partial charge in [-0.25, -0.2) is 0 Å². The molecule has 3 aliphatic rings. The van der Waals surface area contributed by atoms with Gasteiger partial charge in [0.1, 0.15) is 0 Å². The van der Waals surface area contributed by atoms with Crippen LogP contribution in [0.5, 0.6) is 0 Å². The Morgan fingerprint density at radius 1 is 1.09 bits per heavy atom. The number of piperidine rings is 1. The first kappa shape index (κ1) is 24.5. The third kappa shape index (κ3) is 6.30. The SMILES string of the molecule is O=C(C=Cc1ccc(Cl)c(Cl)c1)N1CCC(=O)N(CCCCN2CCC(O)C3(CC3)C2)CC1. The maximum atomic E-state index is 12.6. The number of aliphatic hydroxyl groups excluding tert-OH is 1. The second-order valence-corrected chi connectivity index (χ2v) is 10.4. The Balaban J connectivity index is 1.19. The summed E-state index contributed by atoms with van der Waals surface area (Å²) >= 11 is 12.0. The molecule has 1 aromatic rings. The molecule has 1 aromatic carbocycles. The van der Waals surface area contributed by atoms with Crippen molar-refractivity contribution in [2.24, 2.45) is 5.41 Å². The van der Waals surface area contributed by atoms with Gasteiger partial charge in [0, 0.05) is 57.2 Å². The molecule has 0 bridgehead atoms. The predicted octanol–water partition coefficient (Wildman–Crippen LogP) is 3.69. The lowest BCUT2D eigenvalue weighted by molar-refractivity contribution is -0.130. The maximum absolute atomic E-state index is 12.6. The quantitative estimate of drug-likeness (QED) is 0.464. The molecule has 6 nitrogen and oxygen atoms in total. The molecule has 2 amide bonds. The van der Waals surface area contributed by atoms with Gasteiger partial charge in [-0.15, -0.1) is 0 Å². The van der Waals surface area contributed by atoms with Crippen LogP contribution in [0.25, 0.3) is 6.08 Å². The minimum atomic E-state index is -0.118. The van der Waals surface area contributed by atoms with Gasteiger partial charge in [0.15, 0.2) is 0 Å². The topological polar surface area (TPSA) is 64.1 Å². The van der Waals surface area contributed by atoms with E-state index in [0.717, 1.165) is 63.8 Å². The first-order valence-corrected chi connectivity index (χ1v) is 12.7. The third-order valence-electron chi connectivity index (χ3n) is 7.27. The van der Waals surface area contributed by atoms with E-state index in [4.69, 9.17) is 23.2 Å². The Labute approximate surface area is 206 Å². The summed E-state index contributed by atoms with van der Waals surface area (Å²) in [6.07, 6.45) is 8.70. The van der Waals surface area contributed by atoms with E-state index in [1.54, 1.807) is 23.1 Å². The van der Waals surface area contributed by atoms with Crippen molar-refractivity contribution in [2.75, 3.05) is 45.8 Å². The molecule has 8 heteroatoms. The Bertz CT molecular complexity index is 903. The highest BCUT2D eigenvalue weighted by Gasteiger charge is 2.51. The summed E-state index contributed by atoms with van der Waals surface area (Å²) in [5.41, 5.74) is 0.990. The number of halogens is 2. The van der Waals surface area contributed by atoms with Gasteiger partial charge in [0.2, 0.25) is 11.8 Å². The van der Waals surface area contributed by atoms with Gasteiger partial charge in [-0.05, 0) is 62.4 Å². The van der Waals surface area contributed by atoms with Crippen molar-refractivity contribution in [3.8, 4) is 0 Å². The van der Waals surface area contributed by atoms with E-state index >= 15 is 0 Å². The molecule has 2 saturated heterocycles. The number of unbranched alkanes of at least 4 members (excludes halogenated alkanes) is 1. The van der Waals surface area contributed by atoms with E-state index < -0.39 is 0 Å². The predicted molar refractivity (Wildman–Crippen MR) is 131 cm³/mol. The molecular weight excluding hydrogens is 461 g/mol. The van der Waals surface area contributed by atoms with Crippen LogP contribution in [0.3, 0.4) is 0 Å². The summed E-state index contributed by atoms with van der Waals surface area (Å²) in [6.45, 7) is 5.31. The fraction of sp³-hybridized carbons (Fsp3) is 0.600. The summed E-state index contributed by atoms with van der Waals surface area (Å²) in [5, 5.41) is 11.1. The van der Waals surface area contributed by atoms with E-state index in [9.17, 15) is 14.7 Å². The molecular formula is C25H33Cl2N3O3. The number of hydrogen-bond donors (Lipinski definition) is 1. The van der Waals surface area contributed by atoms with Crippen molar-refractivity contribution >= 4 is 41.1 Å². The molecule has 4 rings (SSSR count). The zero-order valence-corrected chi connectivity index (χ0v) is 20.5. The largest absolute Gasteiger partial charge is 0.392 e. The van der Waals surface area contributed by atoms with E-state index in [-0.39, 0.29) is 23.3 Å². The maximum Gasteiger partial charge on any atom is 0.246 e. The Morgan fingerprint density at radius 2 is 1.88 bits per heavy atom. The van der Waals surface area contributed by atoms with Gasteiger partial charge in [0.05, 0.1) is 16.1 Å². The molecule has 1 unspecified atom stereocenters. The van der Waals surface area contributed by atoms with Crippen molar-refractivity contribution in [1.82, 2.24) is 14.7 Å². The molecule has 2 aliphatic heterocycles.